The zero-order chi connectivity index (χ0) is 21.2. The first kappa shape index (κ1) is 25.4. The number of ether oxygens (including phenoxy) is 1. The van der Waals surface area contributed by atoms with Crippen molar-refractivity contribution in [3.8, 4) is 0 Å². The van der Waals surface area contributed by atoms with Crippen LogP contribution < -0.4 is 0 Å². The number of hydrogen-bond donors (Lipinski definition) is 1. The van der Waals surface area contributed by atoms with Crippen LogP contribution in [0.25, 0.3) is 0 Å². The van der Waals surface area contributed by atoms with Crippen LogP contribution in [0.5, 0.6) is 0 Å². The lowest BCUT2D eigenvalue weighted by Crippen LogP contribution is -2.38. The van der Waals surface area contributed by atoms with Crippen molar-refractivity contribution in [2.75, 3.05) is 19.6 Å². The van der Waals surface area contributed by atoms with Crippen molar-refractivity contribution >= 4 is 18.4 Å². The molecule has 0 spiro atoms. The lowest BCUT2D eigenvalue weighted by atomic mass is 9.98. The molecule has 0 saturated carbocycles. The number of likely N-dealkylation sites (tertiary alicyclic amines) is 1. The Bertz CT molecular complexity index is 758. The highest BCUT2D eigenvalue weighted by Gasteiger charge is 2.24. The maximum atomic E-state index is 10.6. The summed E-state index contributed by atoms with van der Waals surface area (Å²) in [6.07, 6.45) is 6.53. The van der Waals surface area contributed by atoms with Gasteiger partial charge in [-0.15, -0.1) is 12.4 Å². The molecule has 170 valence electrons. The van der Waals surface area contributed by atoms with Gasteiger partial charge in [0.2, 0.25) is 0 Å². The van der Waals surface area contributed by atoms with Crippen LogP contribution in [-0.2, 0) is 16.0 Å². The Kier molecular flexibility index (Phi) is 11.1. The highest BCUT2D eigenvalue weighted by molar-refractivity contribution is 5.85. The first-order valence-electron chi connectivity index (χ1n) is 11.4. The number of rotatable bonds is 11. The van der Waals surface area contributed by atoms with Crippen molar-refractivity contribution in [3.63, 3.8) is 0 Å². The molecular weight excluding hydrogens is 410 g/mol. The lowest BCUT2D eigenvalue weighted by Gasteiger charge is -2.34. The van der Waals surface area contributed by atoms with Crippen LogP contribution in [0.3, 0.4) is 0 Å². The Labute approximate surface area is 193 Å². The second-order valence-electron chi connectivity index (χ2n) is 8.27. The lowest BCUT2D eigenvalue weighted by molar-refractivity contribution is -0.137. The molecular formula is C26H36ClNO3. The number of benzene rings is 2. The predicted molar refractivity (Wildman–Crippen MR) is 128 cm³/mol. The van der Waals surface area contributed by atoms with Crippen LogP contribution in [0.1, 0.15) is 68.2 Å². The average molecular weight is 446 g/mol. The number of nitrogens with zero attached hydrogens (tertiary/aromatic N) is 1. The van der Waals surface area contributed by atoms with Crippen LogP contribution >= 0.6 is 12.4 Å². The molecule has 1 N–H and O–H groups in total. The van der Waals surface area contributed by atoms with Crippen molar-refractivity contribution in [2.24, 2.45) is 0 Å². The number of hydrogen-bond acceptors (Lipinski definition) is 3. The van der Waals surface area contributed by atoms with E-state index in [0.29, 0.717) is 0 Å². The SMILES string of the molecule is CCc1ccc(C(OC2CCN(CCCCCC(=O)O)CC2)c2ccccc2)cc1.Cl. The van der Waals surface area contributed by atoms with E-state index in [9.17, 15) is 4.79 Å². The average Bonchev–Trinajstić information content (AvgIpc) is 2.79. The molecule has 1 aliphatic rings. The molecule has 3 rings (SSSR count). The normalized spacial score (nSPS) is 15.9. The monoisotopic (exact) mass is 445 g/mol. The Morgan fingerprint density at radius 1 is 1.00 bits per heavy atom. The van der Waals surface area contributed by atoms with Gasteiger partial charge in [0, 0.05) is 19.5 Å². The third-order valence-electron chi connectivity index (χ3n) is 6.02. The first-order chi connectivity index (χ1) is 14.7. The van der Waals surface area contributed by atoms with Crippen LogP contribution in [0, 0.1) is 0 Å². The summed E-state index contributed by atoms with van der Waals surface area (Å²) >= 11 is 0. The van der Waals surface area contributed by atoms with Gasteiger partial charge in [0.15, 0.2) is 0 Å². The van der Waals surface area contributed by atoms with E-state index < -0.39 is 5.97 Å². The third kappa shape index (κ3) is 8.29. The van der Waals surface area contributed by atoms with E-state index in [1.807, 2.05) is 0 Å². The van der Waals surface area contributed by atoms with Crippen molar-refractivity contribution in [1.29, 1.82) is 0 Å². The van der Waals surface area contributed by atoms with Gasteiger partial charge in [-0.2, -0.15) is 0 Å². The second kappa shape index (κ2) is 13.5. The molecule has 0 radical (unpaired) electrons. The van der Waals surface area contributed by atoms with E-state index in [-0.39, 0.29) is 31.0 Å². The third-order valence-corrected chi connectivity index (χ3v) is 6.02. The molecule has 1 atom stereocenters. The van der Waals surface area contributed by atoms with Gasteiger partial charge in [0.1, 0.15) is 6.10 Å². The molecule has 0 aromatic heterocycles. The fraction of sp³-hybridized carbons (Fsp3) is 0.500. The van der Waals surface area contributed by atoms with E-state index in [0.717, 1.165) is 58.2 Å². The summed E-state index contributed by atoms with van der Waals surface area (Å²) in [4.78, 5) is 13.1. The van der Waals surface area contributed by atoms with Crippen LogP contribution in [0.2, 0.25) is 0 Å². The summed E-state index contributed by atoms with van der Waals surface area (Å²) in [5, 5.41) is 8.73. The molecule has 0 bridgehead atoms. The number of carbonyl (C=O) groups is 1. The molecule has 0 aliphatic carbocycles. The maximum absolute atomic E-state index is 10.6. The summed E-state index contributed by atoms with van der Waals surface area (Å²) in [7, 11) is 0. The number of aryl methyl sites for hydroxylation is 1. The Morgan fingerprint density at radius 3 is 2.26 bits per heavy atom. The Hall–Kier alpha value is -1.88. The molecule has 4 nitrogen and oxygen atoms in total. The zero-order valence-corrected chi connectivity index (χ0v) is 19.4. The minimum absolute atomic E-state index is 0. The minimum atomic E-state index is -0.690. The van der Waals surface area contributed by atoms with E-state index in [4.69, 9.17) is 9.84 Å². The summed E-state index contributed by atoms with van der Waals surface area (Å²) < 4.78 is 6.66. The van der Waals surface area contributed by atoms with Crippen LogP contribution in [0.4, 0.5) is 0 Å². The number of piperidine rings is 1. The first-order valence-corrected chi connectivity index (χ1v) is 11.4. The number of unbranched alkanes of at least 4 members (excludes halogenated alkanes) is 2. The molecule has 5 heteroatoms. The van der Waals surface area contributed by atoms with Gasteiger partial charge in [-0.1, -0.05) is 67.9 Å². The molecule has 31 heavy (non-hydrogen) atoms. The number of carboxylic acids is 1. The molecule has 1 aliphatic heterocycles. The quantitative estimate of drug-likeness (QED) is 0.438. The van der Waals surface area contributed by atoms with Crippen LogP contribution in [0.15, 0.2) is 54.6 Å². The summed E-state index contributed by atoms with van der Waals surface area (Å²) in [5.41, 5.74) is 3.78. The standard InChI is InChI=1S/C26H35NO3.ClH/c1-2-21-12-14-23(15-13-21)26(22-9-5-3-6-10-22)30-24-16-19-27(20-17-24)18-8-4-7-11-25(28)29;/h3,5-6,9-10,12-15,24,26H,2,4,7-8,11,16-20H2,1H3,(H,28,29);1H. The van der Waals surface area contributed by atoms with Gasteiger partial charge in [0.05, 0.1) is 6.10 Å². The summed E-state index contributed by atoms with van der Waals surface area (Å²) in [5.74, 6) is -0.690. The van der Waals surface area contributed by atoms with Crippen molar-refractivity contribution in [3.05, 3.63) is 71.3 Å². The van der Waals surface area contributed by atoms with E-state index in [2.05, 4.69) is 66.4 Å². The smallest absolute Gasteiger partial charge is 0.303 e. The fourth-order valence-corrected chi connectivity index (χ4v) is 4.16. The van der Waals surface area contributed by atoms with Gasteiger partial charge in [0.25, 0.3) is 0 Å². The Morgan fingerprint density at radius 2 is 1.65 bits per heavy atom. The highest BCUT2D eigenvalue weighted by atomic mass is 35.5. The number of aliphatic carboxylic acids is 1. The van der Waals surface area contributed by atoms with Crippen molar-refractivity contribution < 1.29 is 14.6 Å². The minimum Gasteiger partial charge on any atom is -0.481 e. The molecule has 2 aromatic rings. The maximum Gasteiger partial charge on any atom is 0.303 e. The molecule has 1 saturated heterocycles. The topological polar surface area (TPSA) is 49.8 Å². The molecule has 1 heterocycles. The zero-order valence-electron chi connectivity index (χ0n) is 18.5. The van der Waals surface area contributed by atoms with E-state index in [1.54, 1.807) is 0 Å². The molecule has 1 unspecified atom stereocenters. The molecule has 0 amide bonds. The van der Waals surface area contributed by atoms with Gasteiger partial charge in [-0.25, -0.2) is 0 Å². The van der Waals surface area contributed by atoms with Gasteiger partial charge in [-0.05, 0) is 55.3 Å². The van der Waals surface area contributed by atoms with Gasteiger partial charge in [-0.3, -0.25) is 4.79 Å². The fourth-order valence-electron chi connectivity index (χ4n) is 4.16. The van der Waals surface area contributed by atoms with Gasteiger partial charge < -0.3 is 14.7 Å². The van der Waals surface area contributed by atoms with Gasteiger partial charge >= 0.3 is 5.97 Å². The molecule has 2 aromatic carbocycles. The van der Waals surface area contributed by atoms with Crippen LogP contribution in [-0.4, -0.2) is 41.7 Å². The largest absolute Gasteiger partial charge is 0.481 e. The number of halogens is 1. The van der Waals surface area contributed by atoms with Crippen molar-refractivity contribution in [1.82, 2.24) is 4.90 Å². The predicted octanol–water partition coefficient (Wildman–Crippen LogP) is 5.89. The summed E-state index contributed by atoms with van der Waals surface area (Å²) in [6.45, 7) is 5.35. The van der Waals surface area contributed by atoms with Crippen molar-refractivity contribution in [2.45, 2.75) is 64.1 Å². The highest BCUT2D eigenvalue weighted by Crippen LogP contribution is 2.30. The number of carboxylic acid groups (broad SMARTS) is 1. The van der Waals surface area contributed by atoms with E-state index in [1.165, 1.54) is 16.7 Å². The second-order valence-corrected chi connectivity index (χ2v) is 8.27. The molecule has 1 fully saturated rings. The summed E-state index contributed by atoms with van der Waals surface area (Å²) in [6, 6.07) is 19.4. The Balaban J connectivity index is 0.00000341. The van der Waals surface area contributed by atoms with E-state index >= 15 is 0 Å².